The summed E-state index contributed by atoms with van der Waals surface area (Å²) in [5, 5.41) is 7.02. The van der Waals surface area contributed by atoms with Gasteiger partial charge in [-0.25, -0.2) is 13.8 Å². The molecule has 26 heavy (non-hydrogen) atoms. The Labute approximate surface area is 148 Å². The maximum absolute atomic E-state index is 13.9. The van der Waals surface area contributed by atoms with Crippen LogP contribution in [0.1, 0.15) is 53.8 Å². The molecule has 2 heterocycles. The van der Waals surface area contributed by atoms with Gasteiger partial charge in [0.1, 0.15) is 11.6 Å². The lowest BCUT2D eigenvalue weighted by atomic mass is 10.0. The molecule has 0 spiro atoms. The third-order valence-electron chi connectivity index (χ3n) is 4.44. The van der Waals surface area contributed by atoms with Crippen LogP contribution in [-0.2, 0) is 6.42 Å². The lowest BCUT2D eigenvalue weighted by Gasteiger charge is -2.09. The van der Waals surface area contributed by atoms with Crippen LogP contribution in [0.15, 0.2) is 28.8 Å². The molecule has 5 nitrogen and oxygen atoms in total. The molecule has 1 saturated carbocycles. The van der Waals surface area contributed by atoms with Crippen molar-refractivity contribution in [2.75, 3.05) is 5.32 Å². The molecule has 0 saturated heterocycles. The monoisotopic (exact) mass is 357 g/mol. The molecular formula is C19H17F2N3O2. The Morgan fingerprint density at radius 3 is 2.85 bits per heavy atom. The smallest absolute Gasteiger partial charge is 0.259 e. The molecule has 2 aromatic heterocycles. The number of rotatable bonds is 5. The van der Waals surface area contributed by atoms with E-state index in [0.29, 0.717) is 34.7 Å². The Hall–Kier alpha value is -2.83. The van der Waals surface area contributed by atoms with Crippen LogP contribution in [0.2, 0.25) is 0 Å². The van der Waals surface area contributed by atoms with Crippen LogP contribution in [0.4, 0.5) is 14.5 Å². The molecule has 7 heteroatoms. The van der Waals surface area contributed by atoms with Crippen LogP contribution in [0, 0.1) is 11.6 Å². The minimum absolute atomic E-state index is 0.207. The van der Waals surface area contributed by atoms with E-state index in [2.05, 4.69) is 15.5 Å². The van der Waals surface area contributed by atoms with E-state index in [1.165, 1.54) is 0 Å². The molecule has 1 aliphatic rings. The van der Waals surface area contributed by atoms with Crippen molar-refractivity contribution in [2.45, 2.75) is 38.5 Å². The molecule has 0 bridgehead atoms. The molecule has 0 aliphatic heterocycles. The van der Waals surface area contributed by atoms with E-state index in [9.17, 15) is 13.6 Å². The minimum Gasteiger partial charge on any atom is -0.336 e. The van der Waals surface area contributed by atoms with Crippen LogP contribution >= 0.6 is 0 Å². The van der Waals surface area contributed by atoms with E-state index in [4.69, 9.17) is 4.52 Å². The summed E-state index contributed by atoms with van der Waals surface area (Å²) in [4.78, 5) is 17.3. The molecule has 1 aromatic carbocycles. The Morgan fingerprint density at radius 1 is 1.31 bits per heavy atom. The standard InChI is InChI=1S/C19H17F2N3O2/c1-2-3-14-17-12(9-15(10-4-5-10)23-19(17)26-24-14)18(25)22-16-8-11(20)6-7-13(16)21/h6-10H,2-5H2,1H3,(H,22,25). The Kier molecular flexibility index (Phi) is 4.14. The average Bonchev–Trinajstić information content (AvgIpc) is 3.40. The normalized spacial score (nSPS) is 14.0. The minimum atomic E-state index is -0.702. The predicted molar refractivity (Wildman–Crippen MR) is 92.1 cm³/mol. The molecule has 1 N–H and O–H groups in total. The third kappa shape index (κ3) is 3.05. The Balaban J connectivity index is 1.78. The van der Waals surface area contributed by atoms with Gasteiger partial charge in [0, 0.05) is 17.7 Å². The molecule has 4 rings (SSSR count). The van der Waals surface area contributed by atoms with Gasteiger partial charge in [-0.3, -0.25) is 4.79 Å². The summed E-state index contributed by atoms with van der Waals surface area (Å²) in [7, 11) is 0. The van der Waals surface area contributed by atoms with Crippen molar-refractivity contribution < 1.29 is 18.1 Å². The number of carbonyl (C=O) groups excluding carboxylic acids is 1. The van der Waals surface area contributed by atoms with Gasteiger partial charge in [-0.1, -0.05) is 18.5 Å². The van der Waals surface area contributed by atoms with Crippen molar-refractivity contribution in [1.29, 1.82) is 0 Å². The highest BCUT2D eigenvalue weighted by Crippen LogP contribution is 2.40. The molecule has 0 unspecified atom stereocenters. The van der Waals surface area contributed by atoms with Gasteiger partial charge in [-0.15, -0.1) is 0 Å². The van der Waals surface area contributed by atoms with Gasteiger partial charge in [-0.2, -0.15) is 0 Å². The summed E-state index contributed by atoms with van der Waals surface area (Å²) in [6.45, 7) is 1.99. The summed E-state index contributed by atoms with van der Waals surface area (Å²) >= 11 is 0. The Bertz CT molecular complexity index is 996. The summed E-state index contributed by atoms with van der Waals surface area (Å²) in [5.41, 5.74) is 1.83. The van der Waals surface area contributed by atoms with E-state index in [0.717, 1.165) is 43.2 Å². The highest BCUT2D eigenvalue weighted by molar-refractivity contribution is 6.12. The van der Waals surface area contributed by atoms with Crippen LogP contribution in [0.5, 0.6) is 0 Å². The summed E-state index contributed by atoms with van der Waals surface area (Å²) in [6.07, 6.45) is 3.47. The van der Waals surface area contributed by atoms with Gasteiger partial charge < -0.3 is 9.84 Å². The predicted octanol–water partition coefficient (Wildman–Crippen LogP) is 4.58. The number of aromatic nitrogens is 2. The second kappa shape index (κ2) is 6.48. The fourth-order valence-corrected chi connectivity index (χ4v) is 2.99. The quantitative estimate of drug-likeness (QED) is 0.725. The van der Waals surface area contributed by atoms with Crippen molar-refractivity contribution in [3.8, 4) is 0 Å². The molecule has 1 aliphatic carbocycles. The number of hydrogen-bond acceptors (Lipinski definition) is 4. The van der Waals surface area contributed by atoms with Crippen molar-refractivity contribution in [1.82, 2.24) is 10.1 Å². The number of nitrogens with zero attached hydrogens (tertiary/aromatic N) is 2. The molecular weight excluding hydrogens is 340 g/mol. The number of hydrogen-bond donors (Lipinski definition) is 1. The number of amides is 1. The van der Waals surface area contributed by atoms with Crippen LogP contribution in [-0.4, -0.2) is 16.0 Å². The van der Waals surface area contributed by atoms with E-state index >= 15 is 0 Å². The summed E-state index contributed by atoms with van der Waals surface area (Å²) < 4.78 is 32.6. The number of anilines is 1. The lowest BCUT2D eigenvalue weighted by molar-refractivity contribution is 0.102. The molecule has 134 valence electrons. The first-order valence-corrected chi connectivity index (χ1v) is 8.62. The number of pyridine rings is 1. The average molecular weight is 357 g/mol. The first kappa shape index (κ1) is 16.6. The van der Waals surface area contributed by atoms with Gasteiger partial charge in [0.15, 0.2) is 0 Å². The Morgan fingerprint density at radius 2 is 2.12 bits per heavy atom. The van der Waals surface area contributed by atoms with Gasteiger partial charge in [-0.05, 0) is 37.5 Å². The van der Waals surface area contributed by atoms with Crippen LogP contribution in [0.25, 0.3) is 11.1 Å². The molecule has 1 amide bonds. The SMILES string of the molecule is CCCc1noc2nc(C3CC3)cc(C(=O)Nc3cc(F)ccc3F)c12. The molecule has 0 radical (unpaired) electrons. The number of halogens is 2. The van der Waals surface area contributed by atoms with E-state index in [1.807, 2.05) is 6.92 Å². The van der Waals surface area contributed by atoms with Crippen molar-refractivity contribution in [2.24, 2.45) is 0 Å². The van der Waals surface area contributed by atoms with Crippen molar-refractivity contribution in [3.63, 3.8) is 0 Å². The van der Waals surface area contributed by atoms with Crippen molar-refractivity contribution in [3.05, 3.63) is 52.9 Å². The number of benzene rings is 1. The zero-order valence-electron chi connectivity index (χ0n) is 14.2. The number of fused-ring (bicyclic) bond motifs is 1. The number of carbonyl (C=O) groups is 1. The van der Waals surface area contributed by atoms with Crippen molar-refractivity contribution >= 4 is 22.7 Å². The fourth-order valence-electron chi connectivity index (χ4n) is 2.99. The number of nitrogens with one attached hydrogen (secondary N) is 1. The van der Waals surface area contributed by atoms with Gasteiger partial charge >= 0.3 is 0 Å². The van der Waals surface area contributed by atoms with Gasteiger partial charge in [0.2, 0.25) is 0 Å². The lowest BCUT2D eigenvalue weighted by Crippen LogP contribution is -2.15. The van der Waals surface area contributed by atoms with E-state index in [-0.39, 0.29) is 5.69 Å². The summed E-state index contributed by atoms with van der Waals surface area (Å²) in [5.74, 6) is -1.57. The second-order valence-electron chi connectivity index (χ2n) is 6.51. The van der Waals surface area contributed by atoms with Crippen LogP contribution in [0.3, 0.4) is 0 Å². The second-order valence-corrected chi connectivity index (χ2v) is 6.51. The molecule has 1 fully saturated rings. The maximum atomic E-state index is 13.9. The van der Waals surface area contributed by atoms with E-state index < -0.39 is 17.5 Å². The van der Waals surface area contributed by atoms with Crippen LogP contribution < -0.4 is 5.32 Å². The van der Waals surface area contributed by atoms with Gasteiger partial charge in [0.05, 0.1) is 22.3 Å². The third-order valence-corrected chi connectivity index (χ3v) is 4.44. The zero-order chi connectivity index (χ0) is 18.3. The summed E-state index contributed by atoms with van der Waals surface area (Å²) in [6, 6.07) is 4.64. The molecule has 0 atom stereocenters. The fraction of sp³-hybridized carbons (Fsp3) is 0.316. The molecule has 3 aromatic rings. The number of aryl methyl sites for hydroxylation is 1. The highest BCUT2D eigenvalue weighted by atomic mass is 19.1. The highest BCUT2D eigenvalue weighted by Gasteiger charge is 2.29. The first-order chi connectivity index (χ1) is 12.6. The largest absolute Gasteiger partial charge is 0.336 e. The topological polar surface area (TPSA) is 68.0 Å². The maximum Gasteiger partial charge on any atom is 0.259 e. The van der Waals surface area contributed by atoms with Gasteiger partial charge in [0.25, 0.3) is 11.6 Å². The van der Waals surface area contributed by atoms with E-state index in [1.54, 1.807) is 6.07 Å². The first-order valence-electron chi connectivity index (χ1n) is 8.62. The zero-order valence-corrected chi connectivity index (χ0v) is 14.2.